The minimum Gasteiger partial charge on any atom is -0.357 e. The van der Waals surface area contributed by atoms with Crippen LogP contribution in [0.1, 0.15) is 29.6 Å². The molecule has 0 amide bonds. The van der Waals surface area contributed by atoms with Gasteiger partial charge < -0.3 is 10.3 Å². The number of thioether (sulfide) groups is 1. The van der Waals surface area contributed by atoms with E-state index in [0.29, 0.717) is 24.0 Å². The number of nitrogens with zero attached hydrogens (tertiary/aromatic N) is 3. The number of aromatic amines is 1. The van der Waals surface area contributed by atoms with Gasteiger partial charge in [-0.1, -0.05) is 36.1 Å². The summed E-state index contributed by atoms with van der Waals surface area (Å²) in [5.74, 6) is 1.95. The Bertz CT molecular complexity index is 1010. The Morgan fingerprint density at radius 1 is 1.42 bits per heavy atom. The van der Waals surface area contributed by atoms with E-state index in [1.165, 1.54) is 33.5 Å². The first-order valence-electron chi connectivity index (χ1n) is 8.48. The first-order valence-corrected chi connectivity index (χ1v) is 11.1. The molecule has 1 aliphatic carbocycles. The van der Waals surface area contributed by atoms with Gasteiger partial charge in [-0.15, -0.1) is 28.1 Å². The summed E-state index contributed by atoms with van der Waals surface area (Å²) >= 11 is 4.70. The van der Waals surface area contributed by atoms with Gasteiger partial charge in [0.15, 0.2) is 4.34 Å². The first kappa shape index (κ1) is 17.7. The zero-order valence-electron chi connectivity index (χ0n) is 14.4. The molecule has 1 atom stereocenters. The van der Waals surface area contributed by atoms with Gasteiger partial charge in [0.05, 0.1) is 11.1 Å². The van der Waals surface area contributed by atoms with E-state index < -0.39 is 0 Å². The van der Waals surface area contributed by atoms with Crippen LogP contribution in [-0.2, 0) is 18.6 Å². The first-order chi connectivity index (χ1) is 12.6. The number of hydrogen-bond acceptors (Lipinski definition) is 8. The van der Waals surface area contributed by atoms with E-state index in [9.17, 15) is 4.79 Å². The molecule has 0 fully saturated rings. The SMILES string of the molecule is C=CCNc1nnc(SCc2nc3sc4c(c3c(=O)[nH]2)CC[C@H](C)C4)s1. The third-order valence-corrected chi connectivity index (χ3v) is 7.52. The third-order valence-electron chi connectivity index (χ3n) is 4.35. The van der Waals surface area contributed by atoms with Crippen molar-refractivity contribution in [2.75, 3.05) is 11.9 Å². The van der Waals surface area contributed by atoms with Gasteiger partial charge in [-0.2, -0.15) is 0 Å². The van der Waals surface area contributed by atoms with Crippen molar-refractivity contribution >= 4 is 49.8 Å². The van der Waals surface area contributed by atoms with Crippen LogP contribution in [0.4, 0.5) is 5.13 Å². The zero-order chi connectivity index (χ0) is 18.1. The third kappa shape index (κ3) is 3.56. The summed E-state index contributed by atoms with van der Waals surface area (Å²) in [7, 11) is 0. The number of rotatable bonds is 6. The van der Waals surface area contributed by atoms with Crippen LogP contribution in [0.3, 0.4) is 0 Å². The van der Waals surface area contributed by atoms with E-state index in [1.807, 2.05) is 0 Å². The van der Waals surface area contributed by atoms with Crippen molar-refractivity contribution < 1.29 is 0 Å². The fourth-order valence-electron chi connectivity index (χ4n) is 3.09. The summed E-state index contributed by atoms with van der Waals surface area (Å²) < 4.78 is 0.846. The van der Waals surface area contributed by atoms with Crippen molar-refractivity contribution in [2.45, 2.75) is 36.3 Å². The molecule has 3 aromatic heterocycles. The van der Waals surface area contributed by atoms with Crippen LogP contribution < -0.4 is 10.9 Å². The highest BCUT2D eigenvalue weighted by molar-refractivity contribution is 8.00. The number of aromatic nitrogens is 4. The van der Waals surface area contributed by atoms with Crippen molar-refractivity contribution in [3.8, 4) is 0 Å². The molecule has 0 unspecified atom stereocenters. The molecule has 9 heteroatoms. The zero-order valence-corrected chi connectivity index (χ0v) is 16.8. The molecule has 1 aliphatic rings. The number of aryl methyl sites for hydroxylation is 1. The van der Waals surface area contributed by atoms with E-state index >= 15 is 0 Å². The van der Waals surface area contributed by atoms with E-state index in [2.05, 4.69) is 34.0 Å². The van der Waals surface area contributed by atoms with Gasteiger partial charge >= 0.3 is 0 Å². The molecule has 0 radical (unpaired) electrons. The summed E-state index contributed by atoms with van der Waals surface area (Å²) in [4.78, 5) is 22.5. The normalized spacial score (nSPS) is 16.6. The number of fused-ring (bicyclic) bond motifs is 3. The summed E-state index contributed by atoms with van der Waals surface area (Å²) in [6.45, 7) is 6.60. The van der Waals surface area contributed by atoms with Crippen LogP contribution in [0, 0.1) is 5.92 Å². The van der Waals surface area contributed by atoms with Gasteiger partial charge in [-0.25, -0.2) is 4.98 Å². The smallest absolute Gasteiger partial charge is 0.259 e. The van der Waals surface area contributed by atoms with Crippen molar-refractivity contribution in [2.24, 2.45) is 5.92 Å². The molecule has 0 aliphatic heterocycles. The molecule has 0 spiro atoms. The second-order valence-corrected chi connectivity index (χ2v) is 9.66. The second kappa shape index (κ2) is 7.50. The van der Waals surface area contributed by atoms with Gasteiger partial charge in [0, 0.05) is 11.4 Å². The summed E-state index contributed by atoms with van der Waals surface area (Å²) in [5.41, 5.74) is 1.21. The Kier molecular flexibility index (Phi) is 5.10. The topological polar surface area (TPSA) is 83.6 Å². The maximum atomic E-state index is 12.6. The Morgan fingerprint density at radius 3 is 3.15 bits per heavy atom. The number of anilines is 1. The highest BCUT2D eigenvalue weighted by atomic mass is 32.2. The molecule has 3 heterocycles. The number of H-pyrrole nitrogens is 1. The maximum Gasteiger partial charge on any atom is 0.259 e. The van der Waals surface area contributed by atoms with Crippen LogP contribution in [0.15, 0.2) is 21.8 Å². The highest BCUT2D eigenvalue weighted by Crippen LogP contribution is 2.36. The maximum absolute atomic E-state index is 12.6. The Hall–Kier alpha value is -1.71. The van der Waals surface area contributed by atoms with E-state index in [4.69, 9.17) is 4.98 Å². The molecule has 0 aromatic carbocycles. The van der Waals surface area contributed by atoms with Gasteiger partial charge in [-0.05, 0) is 30.7 Å². The largest absolute Gasteiger partial charge is 0.357 e. The number of thiophene rings is 1. The molecule has 6 nitrogen and oxygen atoms in total. The van der Waals surface area contributed by atoms with Crippen molar-refractivity contribution in [3.05, 3.63) is 39.3 Å². The molecule has 0 saturated carbocycles. The second-order valence-electron chi connectivity index (χ2n) is 6.38. The van der Waals surface area contributed by atoms with Crippen LogP contribution in [-0.4, -0.2) is 26.7 Å². The lowest BCUT2D eigenvalue weighted by Gasteiger charge is -2.17. The Balaban J connectivity index is 1.53. The van der Waals surface area contributed by atoms with Gasteiger partial charge in [0.1, 0.15) is 10.7 Å². The average molecular weight is 406 g/mol. The molecule has 26 heavy (non-hydrogen) atoms. The number of hydrogen-bond donors (Lipinski definition) is 2. The molecule has 3 aromatic rings. The standard InChI is InChI=1S/C17H19N5OS3/c1-3-6-18-16-21-22-17(26-16)24-8-12-19-14(23)13-10-5-4-9(2)7-11(10)25-15(13)20-12/h3,9H,1,4-8H2,2H3,(H,18,21)(H,19,20,23)/t9-/m0/s1. The average Bonchev–Trinajstić information content (AvgIpc) is 3.21. The fourth-order valence-corrected chi connectivity index (χ4v) is 6.12. The molecule has 0 saturated heterocycles. The lowest BCUT2D eigenvalue weighted by molar-refractivity contribution is 0.509. The van der Waals surface area contributed by atoms with E-state index in [-0.39, 0.29) is 5.56 Å². The molecule has 2 N–H and O–H groups in total. The summed E-state index contributed by atoms with van der Waals surface area (Å²) in [5, 5.41) is 12.9. The Labute approximate surface area is 163 Å². The molecular weight excluding hydrogens is 386 g/mol. The van der Waals surface area contributed by atoms with Crippen molar-refractivity contribution in [3.63, 3.8) is 0 Å². The quantitative estimate of drug-likeness (QED) is 0.479. The van der Waals surface area contributed by atoms with Crippen molar-refractivity contribution in [1.82, 2.24) is 20.2 Å². The summed E-state index contributed by atoms with van der Waals surface area (Å²) in [6, 6.07) is 0. The number of nitrogens with one attached hydrogen (secondary N) is 2. The summed E-state index contributed by atoms with van der Waals surface area (Å²) in [6.07, 6.45) is 4.97. The van der Waals surface area contributed by atoms with E-state index in [1.54, 1.807) is 17.4 Å². The molecule has 0 bridgehead atoms. The monoisotopic (exact) mass is 405 g/mol. The lowest BCUT2D eigenvalue weighted by atomic mass is 9.89. The van der Waals surface area contributed by atoms with Crippen LogP contribution >= 0.6 is 34.4 Å². The van der Waals surface area contributed by atoms with Gasteiger partial charge in [0.25, 0.3) is 5.56 Å². The van der Waals surface area contributed by atoms with Gasteiger partial charge in [-0.3, -0.25) is 4.79 Å². The molecule has 4 rings (SSSR count). The predicted molar refractivity (Wildman–Crippen MR) is 110 cm³/mol. The van der Waals surface area contributed by atoms with Gasteiger partial charge in [0.2, 0.25) is 5.13 Å². The minimum absolute atomic E-state index is 0.0109. The Morgan fingerprint density at radius 2 is 2.31 bits per heavy atom. The van der Waals surface area contributed by atoms with Crippen LogP contribution in [0.25, 0.3) is 10.2 Å². The van der Waals surface area contributed by atoms with Crippen LogP contribution in [0.2, 0.25) is 0 Å². The fraction of sp³-hybridized carbons (Fsp3) is 0.412. The molecular formula is C17H19N5OS3. The van der Waals surface area contributed by atoms with Crippen LogP contribution in [0.5, 0.6) is 0 Å². The van der Waals surface area contributed by atoms with Crippen molar-refractivity contribution in [1.29, 1.82) is 0 Å². The molecule has 136 valence electrons. The lowest BCUT2D eigenvalue weighted by Crippen LogP contribution is -2.14. The highest BCUT2D eigenvalue weighted by Gasteiger charge is 2.23. The minimum atomic E-state index is -0.0109. The predicted octanol–water partition coefficient (Wildman–Crippen LogP) is 3.85. The van der Waals surface area contributed by atoms with E-state index in [0.717, 1.165) is 39.0 Å².